The molecule has 0 aliphatic heterocycles. The standard InChI is InChI=1S/C14H19ClN2O/c1-2-12(17-13(18)14(16)7-8-14)9-10-3-5-11(15)6-4-10/h3-6,12H,2,7-9,16H2,1H3,(H,17,18). The molecule has 0 spiro atoms. The molecule has 3 nitrogen and oxygen atoms in total. The average molecular weight is 267 g/mol. The lowest BCUT2D eigenvalue weighted by molar-refractivity contribution is -0.124. The molecule has 1 aromatic rings. The molecule has 1 aliphatic rings. The fourth-order valence-electron chi connectivity index (χ4n) is 1.89. The van der Waals surface area contributed by atoms with Crippen molar-refractivity contribution >= 4 is 17.5 Å². The zero-order valence-electron chi connectivity index (χ0n) is 10.6. The van der Waals surface area contributed by atoms with Crippen LogP contribution in [0.1, 0.15) is 31.7 Å². The van der Waals surface area contributed by atoms with Gasteiger partial charge in [-0.25, -0.2) is 0 Å². The second-order valence-electron chi connectivity index (χ2n) is 5.07. The normalized spacial score (nSPS) is 18.2. The van der Waals surface area contributed by atoms with Crippen molar-refractivity contribution in [2.75, 3.05) is 0 Å². The molecular formula is C14H19ClN2O. The summed E-state index contributed by atoms with van der Waals surface area (Å²) in [5.74, 6) is -0.0108. The summed E-state index contributed by atoms with van der Waals surface area (Å²) >= 11 is 5.85. The first kappa shape index (κ1) is 13.4. The maximum atomic E-state index is 11.9. The van der Waals surface area contributed by atoms with E-state index in [4.69, 9.17) is 17.3 Å². The second-order valence-corrected chi connectivity index (χ2v) is 5.50. The maximum absolute atomic E-state index is 11.9. The number of benzene rings is 1. The van der Waals surface area contributed by atoms with E-state index >= 15 is 0 Å². The summed E-state index contributed by atoms with van der Waals surface area (Å²) in [6, 6.07) is 7.87. The van der Waals surface area contributed by atoms with Crippen LogP contribution < -0.4 is 11.1 Å². The van der Waals surface area contributed by atoms with E-state index in [1.54, 1.807) is 0 Å². The van der Waals surface area contributed by atoms with Gasteiger partial charge in [-0.2, -0.15) is 0 Å². The van der Waals surface area contributed by atoms with Crippen LogP contribution in [0.25, 0.3) is 0 Å². The highest BCUT2D eigenvalue weighted by molar-refractivity contribution is 6.30. The van der Waals surface area contributed by atoms with Crippen molar-refractivity contribution in [2.24, 2.45) is 5.73 Å². The minimum atomic E-state index is -0.590. The van der Waals surface area contributed by atoms with E-state index in [0.29, 0.717) is 0 Å². The fraction of sp³-hybridized carbons (Fsp3) is 0.500. The lowest BCUT2D eigenvalue weighted by Crippen LogP contribution is -2.47. The molecule has 0 radical (unpaired) electrons. The third-order valence-electron chi connectivity index (χ3n) is 3.46. The van der Waals surface area contributed by atoms with Crippen molar-refractivity contribution in [3.63, 3.8) is 0 Å². The smallest absolute Gasteiger partial charge is 0.240 e. The Morgan fingerprint density at radius 3 is 2.56 bits per heavy atom. The zero-order valence-corrected chi connectivity index (χ0v) is 11.3. The van der Waals surface area contributed by atoms with Gasteiger partial charge in [0.25, 0.3) is 0 Å². The van der Waals surface area contributed by atoms with Crippen molar-refractivity contribution in [1.82, 2.24) is 5.32 Å². The van der Waals surface area contributed by atoms with Crippen molar-refractivity contribution in [3.05, 3.63) is 34.9 Å². The highest BCUT2D eigenvalue weighted by Gasteiger charge is 2.46. The molecule has 1 aromatic carbocycles. The molecular weight excluding hydrogens is 248 g/mol. The number of carbonyl (C=O) groups is 1. The Kier molecular flexibility index (Phi) is 3.93. The van der Waals surface area contributed by atoms with Gasteiger partial charge < -0.3 is 11.1 Å². The predicted octanol–water partition coefficient (Wildman–Crippen LogP) is 2.27. The fourth-order valence-corrected chi connectivity index (χ4v) is 2.02. The summed E-state index contributed by atoms with van der Waals surface area (Å²) in [5, 5.41) is 3.77. The summed E-state index contributed by atoms with van der Waals surface area (Å²) < 4.78 is 0. The Hall–Kier alpha value is -1.06. The monoisotopic (exact) mass is 266 g/mol. The first-order valence-electron chi connectivity index (χ1n) is 6.38. The Balaban J connectivity index is 1.92. The van der Waals surface area contributed by atoms with Crippen LogP contribution in [-0.2, 0) is 11.2 Å². The third-order valence-corrected chi connectivity index (χ3v) is 3.72. The number of halogens is 1. The number of rotatable bonds is 5. The molecule has 98 valence electrons. The van der Waals surface area contributed by atoms with Gasteiger partial charge in [-0.05, 0) is 43.4 Å². The molecule has 1 unspecified atom stereocenters. The minimum Gasteiger partial charge on any atom is -0.351 e. The summed E-state index contributed by atoms with van der Waals surface area (Å²) in [6.07, 6.45) is 3.31. The Bertz CT molecular complexity index is 426. The summed E-state index contributed by atoms with van der Waals surface area (Å²) in [6.45, 7) is 2.07. The van der Waals surface area contributed by atoms with Gasteiger partial charge >= 0.3 is 0 Å². The molecule has 1 aliphatic carbocycles. The van der Waals surface area contributed by atoms with E-state index in [0.717, 1.165) is 30.7 Å². The molecule has 2 rings (SSSR count). The van der Waals surface area contributed by atoms with Crippen LogP contribution in [0.5, 0.6) is 0 Å². The van der Waals surface area contributed by atoms with E-state index in [9.17, 15) is 4.79 Å². The molecule has 0 bridgehead atoms. The molecule has 18 heavy (non-hydrogen) atoms. The summed E-state index contributed by atoms with van der Waals surface area (Å²) in [7, 11) is 0. The van der Waals surface area contributed by atoms with Crippen molar-refractivity contribution in [1.29, 1.82) is 0 Å². The van der Waals surface area contributed by atoms with E-state index in [2.05, 4.69) is 12.2 Å². The lowest BCUT2D eigenvalue weighted by Gasteiger charge is -2.19. The van der Waals surface area contributed by atoms with Gasteiger partial charge in [-0.1, -0.05) is 30.7 Å². The highest BCUT2D eigenvalue weighted by Crippen LogP contribution is 2.32. The van der Waals surface area contributed by atoms with E-state index in [1.165, 1.54) is 5.56 Å². The van der Waals surface area contributed by atoms with Crippen LogP contribution in [0.2, 0.25) is 5.02 Å². The number of nitrogens with one attached hydrogen (secondary N) is 1. The number of amides is 1. The SMILES string of the molecule is CCC(Cc1ccc(Cl)cc1)NC(=O)C1(N)CC1. The number of carbonyl (C=O) groups excluding carboxylic acids is 1. The molecule has 0 heterocycles. The van der Waals surface area contributed by atoms with Crippen molar-refractivity contribution in [2.45, 2.75) is 44.2 Å². The average Bonchev–Trinajstić information content (AvgIpc) is 3.10. The largest absolute Gasteiger partial charge is 0.351 e. The third kappa shape index (κ3) is 3.24. The molecule has 1 saturated carbocycles. The number of hydrogen-bond donors (Lipinski definition) is 2. The second kappa shape index (κ2) is 5.29. The van der Waals surface area contributed by atoms with E-state index in [1.807, 2.05) is 24.3 Å². The van der Waals surface area contributed by atoms with Crippen molar-refractivity contribution in [3.8, 4) is 0 Å². The summed E-state index contributed by atoms with van der Waals surface area (Å²) in [4.78, 5) is 11.9. The van der Waals surface area contributed by atoms with Gasteiger partial charge in [0.05, 0.1) is 5.54 Å². The Morgan fingerprint density at radius 2 is 2.06 bits per heavy atom. The van der Waals surface area contributed by atoms with Crippen LogP contribution >= 0.6 is 11.6 Å². The first-order chi connectivity index (χ1) is 8.53. The van der Waals surface area contributed by atoms with Gasteiger partial charge in [0.1, 0.15) is 0 Å². The topological polar surface area (TPSA) is 55.1 Å². The highest BCUT2D eigenvalue weighted by atomic mass is 35.5. The molecule has 1 amide bonds. The zero-order chi connectivity index (χ0) is 13.2. The van der Waals surface area contributed by atoms with Gasteiger partial charge in [-0.15, -0.1) is 0 Å². The predicted molar refractivity (Wildman–Crippen MR) is 73.5 cm³/mol. The minimum absolute atomic E-state index is 0.0108. The summed E-state index contributed by atoms with van der Waals surface area (Å²) in [5.41, 5.74) is 6.46. The molecule has 0 saturated heterocycles. The molecule has 0 aromatic heterocycles. The molecule has 3 N–H and O–H groups in total. The molecule has 1 atom stereocenters. The lowest BCUT2D eigenvalue weighted by atomic mass is 10.0. The van der Waals surface area contributed by atoms with Crippen LogP contribution in [0.15, 0.2) is 24.3 Å². The Labute approximate surface area is 113 Å². The van der Waals surface area contributed by atoms with Gasteiger partial charge in [0.2, 0.25) is 5.91 Å². The van der Waals surface area contributed by atoms with Gasteiger partial charge in [0.15, 0.2) is 0 Å². The Morgan fingerprint density at radius 1 is 1.44 bits per heavy atom. The van der Waals surface area contributed by atoms with E-state index < -0.39 is 5.54 Å². The van der Waals surface area contributed by atoms with E-state index in [-0.39, 0.29) is 11.9 Å². The van der Waals surface area contributed by atoms with Gasteiger partial charge in [0, 0.05) is 11.1 Å². The first-order valence-corrected chi connectivity index (χ1v) is 6.75. The quantitative estimate of drug-likeness (QED) is 0.859. The van der Waals surface area contributed by atoms with Gasteiger partial charge in [-0.3, -0.25) is 4.79 Å². The molecule has 4 heteroatoms. The number of hydrogen-bond acceptors (Lipinski definition) is 2. The molecule has 1 fully saturated rings. The number of nitrogens with two attached hydrogens (primary N) is 1. The van der Waals surface area contributed by atoms with Crippen LogP contribution in [0, 0.1) is 0 Å². The van der Waals surface area contributed by atoms with Crippen LogP contribution in [0.3, 0.4) is 0 Å². The van der Waals surface area contributed by atoms with Crippen LogP contribution in [0.4, 0.5) is 0 Å². The van der Waals surface area contributed by atoms with Crippen LogP contribution in [-0.4, -0.2) is 17.5 Å². The maximum Gasteiger partial charge on any atom is 0.240 e. The van der Waals surface area contributed by atoms with Crippen molar-refractivity contribution < 1.29 is 4.79 Å².